The number of ether oxygens (including phenoxy) is 2. The molecule has 1 fully saturated rings. The molecule has 160 valence electrons. The molecule has 0 radical (unpaired) electrons. The van der Waals surface area contributed by atoms with E-state index < -0.39 is 6.03 Å². The summed E-state index contributed by atoms with van der Waals surface area (Å²) in [6.07, 6.45) is 3.64. The van der Waals surface area contributed by atoms with Gasteiger partial charge in [-0.15, -0.1) is 0 Å². The Morgan fingerprint density at radius 3 is 2.47 bits per heavy atom. The minimum absolute atomic E-state index is 0.00268. The molecule has 1 aliphatic heterocycles. The Bertz CT molecular complexity index is 856. The van der Waals surface area contributed by atoms with E-state index in [0.717, 1.165) is 0 Å². The summed E-state index contributed by atoms with van der Waals surface area (Å²) in [6, 6.07) is 6.47. The second kappa shape index (κ2) is 10.3. The van der Waals surface area contributed by atoms with Crippen molar-refractivity contribution in [3.8, 4) is 11.5 Å². The summed E-state index contributed by atoms with van der Waals surface area (Å²) < 4.78 is 10.4. The zero-order valence-electron chi connectivity index (χ0n) is 17.1. The van der Waals surface area contributed by atoms with E-state index in [-0.39, 0.29) is 18.9 Å². The molecule has 30 heavy (non-hydrogen) atoms. The molecule has 1 aromatic heterocycles. The van der Waals surface area contributed by atoms with Crippen molar-refractivity contribution in [3.63, 3.8) is 0 Å². The molecule has 2 aromatic rings. The molecule has 2 heterocycles. The van der Waals surface area contributed by atoms with Gasteiger partial charge in [0.25, 0.3) is 0 Å². The molecule has 1 saturated heterocycles. The molecule has 1 aliphatic rings. The standard InChI is InChI=1S/C20H26N6O4/c1-29-15-4-5-17(30-2)16(14-15)24-20(28)23-9-6-18(27)25-10-12-26(13-11-25)19-21-7-3-8-22-19/h3-5,7-8,14H,6,9-13H2,1-2H3,(H2,23,24,28). The smallest absolute Gasteiger partial charge is 0.319 e. The molecule has 0 atom stereocenters. The Labute approximate surface area is 175 Å². The minimum atomic E-state index is -0.416. The van der Waals surface area contributed by atoms with Crippen LogP contribution in [0.3, 0.4) is 0 Å². The molecular weight excluding hydrogens is 388 g/mol. The number of urea groups is 1. The van der Waals surface area contributed by atoms with Crippen molar-refractivity contribution in [1.82, 2.24) is 20.2 Å². The van der Waals surface area contributed by atoms with Gasteiger partial charge in [-0.25, -0.2) is 14.8 Å². The van der Waals surface area contributed by atoms with E-state index in [9.17, 15) is 9.59 Å². The summed E-state index contributed by atoms with van der Waals surface area (Å²) in [5.41, 5.74) is 0.486. The van der Waals surface area contributed by atoms with Crippen LogP contribution in [0.4, 0.5) is 16.4 Å². The molecule has 0 aliphatic carbocycles. The predicted octanol–water partition coefficient (Wildman–Crippen LogP) is 1.35. The van der Waals surface area contributed by atoms with Crippen LogP contribution >= 0.6 is 0 Å². The van der Waals surface area contributed by atoms with Crippen LogP contribution in [0.2, 0.25) is 0 Å². The van der Waals surface area contributed by atoms with E-state index in [1.165, 1.54) is 7.11 Å². The van der Waals surface area contributed by atoms with Crippen molar-refractivity contribution in [2.75, 3.05) is 57.2 Å². The van der Waals surface area contributed by atoms with E-state index >= 15 is 0 Å². The van der Waals surface area contributed by atoms with E-state index in [1.807, 2.05) is 0 Å². The molecule has 10 nitrogen and oxygen atoms in total. The SMILES string of the molecule is COc1ccc(OC)c(NC(=O)NCCC(=O)N2CCN(c3ncccn3)CC2)c1. The molecule has 2 N–H and O–H groups in total. The topological polar surface area (TPSA) is 109 Å². The summed E-state index contributed by atoms with van der Waals surface area (Å²) in [5, 5.41) is 5.41. The number of anilines is 2. The number of benzene rings is 1. The lowest BCUT2D eigenvalue weighted by Crippen LogP contribution is -2.49. The number of nitrogens with one attached hydrogen (secondary N) is 2. The lowest BCUT2D eigenvalue weighted by Gasteiger charge is -2.34. The molecule has 0 spiro atoms. The quantitative estimate of drug-likeness (QED) is 0.704. The van der Waals surface area contributed by atoms with Gasteiger partial charge in [-0.05, 0) is 18.2 Å². The number of nitrogens with zero attached hydrogens (tertiary/aromatic N) is 4. The Hall–Kier alpha value is -3.56. The fourth-order valence-electron chi connectivity index (χ4n) is 3.13. The maximum Gasteiger partial charge on any atom is 0.319 e. The highest BCUT2D eigenvalue weighted by atomic mass is 16.5. The largest absolute Gasteiger partial charge is 0.497 e. The maximum absolute atomic E-state index is 12.4. The van der Waals surface area contributed by atoms with E-state index in [4.69, 9.17) is 9.47 Å². The van der Waals surface area contributed by atoms with Crippen LogP contribution in [0, 0.1) is 0 Å². The zero-order valence-corrected chi connectivity index (χ0v) is 17.1. The van der Waals surface area contributed by atoms with E-state index in [0.29, 0.717) is 49.3 Å². The van der Waals surface area contributed by atoms with Crippen LogP contribution in [0.5, 0.6) is 11.5 Å². The average molecular weight is 414 g/mol. The lowest BCUT2D eigenvalue weighted by atomic mass is 10.2. The number of rotatable bonds is 7. The predicted molar refractivity (Wildman–Crippen MR) is 112 cm³/mol. The molecule has 0 bridgehead atoms. The fraction of sp³-hybridized carbons (Fsp3) is 0.400. The molecule has 3 amide bonds. The average Bonchev–Trinajstić information content (AvgIpc) is 2.79. The Kier molecular flexibility index (Phi) is 7.25. The van der Waals surface area contributed by atoms with Crippen molar-refractivity contribution in [1.29, 1.82) is 0 Å². The molecular formula is C20H26N6O4. The third kappa shape index (κ3) is 5.49. The van der Waals surface area contributed by atoms with Crippen LogP contribution in [0.25, 0.3) is 0 Å². The Balaban J connectivity index is 1.41. The van der Waals surface area contributed by atoms with Gasteiger partial charge >= 0.3 is 6.03 Å². The van der Waals surface area contributed by atoms with Crippen molar-refractivity contribution in [3.05, 3.63) is 36.7 Å². The first-order valence-corrected chi connectivity index (χ1v) is 9.67. The third-order valence-corrected chi connectivity index (χ3v) is 4.75. The highest BCUT2D eigenvalue weighted by Gasteiger charge is 2.22. The lowest BCUT2D eigenvalue weighted by molar-refractivity contribution is -0.131. The van der Waals surface area contributed by atoms with Crippen LogP contribution in [0.1, 0.15) is 6.42 Å². The van der Waals surface area contributed by atoms with Gasteiger partial charge in [0.05, 0.1) is 19.9 Å². The summed E-state index contributed by atoms with van der Waals surface area (Å²) >= 11 is 0. The van der Waals surface area contributed by atoms with Crippen molar-refractivity contribution in [2.24, 2.45) is 0 Å². The van der Waals surface area contributed by atoms with Gasteiger partial charge in [-0.3, -0.25) is 4.79 Å². The first kappa shape index (κ1) is 21.2. The fourth-order valence-corrected chi connectivity index (χ4v) is 3.13. The molecule has 0 saturated carbocycles. The Morgan fingerprint density at radius 1 is 1.07 bits per heavy atom. The second-order valence-electron chi connectivity index (χ2n) is 6.61. The van der Waals surface area contributed by atoms with Gasteiger partial charge < -0.3 is 29.9 Å². The van der Waals surface area contributed by atoms with Crippen LogP contribution in [-0.4, -0.2) is 73.7 Å². The summed E-state index contributed by atoms with van der Waals surface area (Å²) in [7, 11) is 3.07. The van der Waals surface area contributed by atoms with Crippen LogP contribution in [-0.2, 0) is 4.79 Å². The summed E-state index contributed by atoms with van der Waals surface area (Å²) in [4.78, 5) is 36.9. The number of hydrogen-bond donors (Lipinski definition) is 2. The van der Waals surface area contributed by atoms with Crippen LogP contribution < -0.4 is 25.0 Å². The number of hydrogen-bond acceptors (Lipinski definition) is 7. The van der Waals surface area contributed by atoms with E-state index in [1.54, 1.807) is 48.7 Å². The van der Waals surface area contributed by atoms with Gasteiger partial charge in [0, 0.05) is 57.6 Å². The van der Waals surface area contributed by atoms with E-state index in [2.05, 4.69) is 25.5 Å². The summed E-state index contributed by atoms with van der Waals surface area (Å²) in [6.45, 7) is 2.80. The second-order valence-corrected chi connectivity index (χ2v) is 6.61. The monoisotopic (exact) mass is 414 g/mol. The van der Waals surface area contributed by atoms with Gasteiger partial charge in [-0.1, -0.05) is 0 Å². The van der Waals surface area contributed by atoms with Gasteiger partial charge in [0.15, 0.2) is 0 Å². The number of amides is 3. The molecule has 3 rings (SSSR count). The zero-order chi connectivity index (χ0) is 21.3. The molecule has 0 unspecified atom stereocenters. The highest BCUT2D eigenvalue weighted by Crippen LogP contribution is 2.28. The first-order valence-electron chi connectivity index (χ1n) is 9.67. The van der Waals surface area contributed by atoms with Crippen molar-refractivity contribution in [2.45, 2.75) is 6.42 Å². The Morgan fingerprint density at radius 2 is 1.80 bits per heavy atom. The minimum Gasteiger partial charge on any atom is -0.497 e. The number of carbonyl (C=O) groups excluding carboxylic acids is 2. The normalized spacial score (nSPS) is 13.5. The number of piperazine rings is 1. The number of aromatic nitrogens is 2. The molecule has 1 aromatic carbocycles. The van der Waals surface area contributed by atoms with Crippen LogP contribution in [0.15, 0.2) is 36.7 Å². The highest BCUT2D eigenvalue weighted by molar-refractivity contribution is 5.91. The van der Waals surface area contributed by atoms with Gasteiger partial charge in [0.1, 0.15) is 11.5 Å². The maximum atomic E-state index is 12.4. The van der Waals surface area contributed by atoms with Crippen molar-refractivity contribution >= 4 is 23.6 Å². The van der Waals surface area contributed by atoms with Crippen molar-refractivity contribution < 1.29 is 19.1 Å². The number of carbonyl (C=O) groups is 2. The van der Waals surface area contributed by atoms with Gasteiger partial charge in [0.2, 0.25) is 11.9 Å². The third-order valence-electron chi connectivity index (χ3n) is 4.75. The van der Waals surface area contributed by atoms with Gasteiger partial charge in [-0.2, -0.15) is 0 Å². The number of methoxy groups -OCH3 is 2. The summed E-state index contributed by atoms with van der Waals surface area (Å²) in [5.74, 6) is 1.79. The molecule has 10 heteroatoms. The first-order chi connectivity index (χ1) is 14.6.